The van der Waals surface area contributed by atoms with Crippen molar-refractivity contribution in [1.29, 1.82) is 0 Å². The van der Waals surface area contributed by atoms with E-state index in [-0.39, 0.29) is 176 Å². The minimum atomic E-state index is -5.40. The Kier molecular flexibility index (Phi) is 20.8. The first-order valence-electron chi connectivity index (χ1n) is 16.7. The van der Waals surface area contributed by atoms with Gasteiger partial charge in [-0.3, -0.25) is 20.4 Å². The van der Waals surface area contributed by atoms with Gasteiger partial charge in [0.2, 0.25) is 11.6 Å². The van der Waals surface area contributed by atoms with E-state index in [4.69, 9.17) is 4.74 Å². The fourth-order valence-corrected chi connectivity index (χ4v) is 8.11. The van der Waals surface area contributed by atoms with Gasteiger partial charge in [0.05, 0.1) is 37.6 Å². The summed E-state index contributed by atoms with van der Waals surface area (Å²) in [6, 6.07) is 13.4. The van der Waals surface area contributed by atoms with Crippen molar-refractivity contribution in [3.8, 4) is 5.75 Å². The average molecular weight is 1000 g/mol. The third kappa shape index (κ3) is 14.2. The van der Waals surface area contributed by atoms with Crippen LogP contribution in [0.2, 0.25) is 0 Å². The van der Waals surface area contributed by atoms with Crippen LogP contribution in [0.4, 0.5) is 27.5 Å². The van der Waals surface area contributed by atoms with Crippen molar-refractivity contribution >= 4 is 104 Å². The van der Waals surface area contributed by atoms with Gasteiger partial charge in [0.25, 0.3) is 0 Å². The molecule has 0 aromatic heterocycles. The van der Waals surface area contributed by atoms with Crippen LogP contribution >= 0.6 is 0 Å². The van der Waals surface area contributed by atoms with Crippen molar-refractivity contribution in [3.05, 3.63) is 111 Å². The SMILES string of the molecule is CCOc1ccc(NN=C2C(=O)c3ccc(NC(=O)Nc4ccc5c(c4)C=C(S(=O)(=O)[O-])C(=NNc4ccc(S(=O)(=O)[O-])cc4)C5=O)cc3C=C2S(=O)(=O)[O-])cc1S(=O)(=O)[O-].[Na+].[Na+].[Na+].[Na+]. The molecule has 0 saturated heterocycles. The number of hydrogen-bond acceptors (Lipinski definition) is 20. The summed E-state index contributed by atoms with van der Waals surface area (Å²) in [5.74, 6) is -2.36. The molecule has 2 aliphatic rings. The number of hydrazone groups is 2. The van der Waals surface area contributed by atoms with Crippen LogP contribution in [-0.2, 0) is 40.5 Å². The van der Waals surface area contributed by atoms with E-state index < -0.39 is 89.1 Å². The molecular formula is C35H24N6Na4O16S4. The number of carbonyl (C=O) groups is 3. The number of ether oxygens (including phenoxy) is 1. The van der Waals surface area contributed by atoms with Crippen LogP contribution in [0.25, 0.3) is 12.2 Å². The fourth-order valence-electron chi connectivity index (χ4n) is 5.70. The van der Waals surface area contributed by atoms with Gasteiger partial charge in [-0.05, 0) is 109 Å². The molecule has 2 amide bonds. The topological polar surface area (TPSA) is 362 Å². The van der Waals surface area contributed by atoms with Crippen LogP contribution < -0.4 is 144 Å². The number of Topliss-reactive ketones (excluding diaryl/α,β-unsaturated/α-hetero) is 2. The Morgan fingerprint density at radius 2 is 0.969 bits per heavy atom. The Morgan fingerprint density at radius 1 is 0.554 bits per heavy atom. The fraction of sp³-hybridized carbons (Fsp3) is 0.0571. The number of anilines is 4. The number of carbonyl (C=O) groups excluding carboxylic acids is 3. The summed E-state index contributed by atoms with van der Waals surface area (Å²) in [5.41, 5.74) is 2.11. The molecule has 0 heterocycles. The minimum absolute atomic E-state index is 0. The maximum atomic E-state index is 13.4. The van der Waals surface area contributed by atoms with Gasteiger partial charge in [0.1, 0.15) is 57.6 Å². The second-order valence-corrected chi connectivity index (χ2v) is 17.9. The summed E-state index contributed by atoms with van der Waals surface area (Å²) in [4.78, 5) is 36.3. The zero-order valence-corrected chi connectivity index (χ0v) is 45.7. The van der Waals surface area contributed by atoms with Crippen LogP contribution in [0.5, 0.6) is 5.75 Å². The molecule has 0 bridgehead atoms. The van der Waals surface area contributed by atoms with Gasteiger partial charge in [0, 0.05) is 22.5 Å². The molecule has 0 aliphatic heterocycles. The molecule has 4 N–H and O–H groups in total. The van der Waals surface area contributed by atoms with Gasteiger partial charge < -0.3 is 33.6 Å². The van der Waals surface area contributed by atoms with E-state index in [1.807, 2.05) is 0 Å². The Bertz CT molecular complexity index is 3170. The number of urea groups is 1. The molecule has 4 aromatic rings. The van der Waals surface area contributed by atoms with E-state index in [0.29, 0.717) is 0 Å². The summed E-state index contributed by atoms with van der Waals surface area (Å²) in [7, 11) is -20.6. The number of rotatable bonds is 12. The Hall–Kier alpha value is -2.65. The second kappa shape index (κ2) is 23.1. The van der Waals surface area contributed by atoms with Crippen molar-refractivity contribution in [1.82, 2.24) is 0 Å². The van der Waals surface area contributed by atoms with E-state index in [1.54, 1.807) is 6.92 Å². The second-order valence-electron chi connectivity index (χ2n) is 12.4. The van der Waals surface area contributed by atoms with E-state index in [9.17, 15) is 66.3 Å². The van der Waals surface area contributed by atoms with Gasteiger partial charge in [-0.25, -0.2) is 38.5 Å². The van der Waals surface area contributed by atoms with Crippen LogP contribution in [0, 0.1) is 0 Å². The van der Waals surface area contributed by atoms with Gasteiger partial charge in [-0.15, -0.1) is 0 Å². The number of nitrogens with one attached hydrogen (secondary N) is 4. The Balaban J connectivity index is 0.00000363. The number of allylic oxidation sites excluding steroid dienone is 2. The number of amides is 2. The monoisotopic (exact) mass is 1000 g/mol. The average Bonchev–Trinajstić information content (AvgIpc) is 3.16. The summed E-state index contributed by atoms with van der Waals surface area (Å²) in [5, 5.41) is 12.3. The summed E-state index contributed by atoms with van der Waals surface area (Å²) in [6.07, 6.45) is 1.65. The summed E-state index contributed by atoms with van der Waals surface area (Å²) < 4.78 is 147. The maximum absolute atomic E-state index is 13.4. The Labute approximate surface area is 459 Å². The van der Waals surface area contributed by atoms with Crippen molar-refractivity contribution in [3.63, 3.8) is 0 Å². The molecule has 0 saturated carbocycles. The van der Waals surface area contributed by atoms with E-state index in [0.717, 1.165) is 60.7 Å². The number of hydrogen-bond donors (Lipinski definition) is 4. The smallest absolute Gasteiger partial charge is 0.744 e. The molecule has 2 aliphatic carbocycles. The molecular weight excluding hydrogens is 981 g/mol. The van der Waals surface area contributed by atoms with Crippen LogP contribution in [0.3, 0.4) is 0 Å². The molecule has 0 radical (unpaired) electrons. The standard InChI is InChI=1S/C35H28N6O16S4.4Na/c1-2-57-27-12-7-23(17-28(27)59(48,49)50)39-41-32-30(61(54,55)56)16-19-14-22(6-11-26(19)34(32)43)37-35(44)36-21-5-10-25-18(13-21)15-29(60(51,52)53)31(33(25)42)40-38-20-3-8-24(9-4-20)58(45,46)47;;;;/h3-17,38-39H,2H2,1H3,(H2,36,37,44)(H,45,46,47)(H,48,49,50)(H,51,52,53)(H,54,55,56);;;;/q;4*+1/p-4. The molecule has 0 unspecified atom stereocenters. The molecule has 22 nitrogen and oxygen atoms in total. The molecule has 0 atom stereocenters. The summed E-state index contributed by atoms with van der Waals surface area (Å²) in [6.45, 7) is 1.56. The van der Waals surface area contributed by atoms with Gasteiger partial charge in [0.15, 0.2) is 0 Å². The zero-order valence-electron chi connectivity index (χ0n) is 34.4. The van der Waals surface area contributed by atoms with Crippen molar-refractivity contribution < 1.29 is 189 Å². The zero-order chi connectivity index (χ0) is 44.7. The molecule has 65 heavy (non-hydrogen) atoms. The predicted octanol–water partition coefficient (Wildman–Crippen LogP) is -9.35. The Morgan fingerprint density at radius 3 is 1.37 bits per heavy atom. The van der Waals surface area contributed by atoms with Gasteiger partial charge >= 0.3 is 124 Å². The van der Waals surface area contributed by atoms with Crippen molar-refractivity contribution in [2.75, 3.05) is 28.1 Å². The van der Waals surface area contributed by atoms with Crippen LogP contribution in [-0.4, -0.2) is 87.5 Å². The third-order valence-corrected chi connectivity index (χ3v) is 11.8. The quantitative estimate of drug-likeness (QED) is 0.0582. The number of fused-ring (bicyclic) bond motifs is 2. The van der Waals surface area contributed by atoms with E-state index >= 15 is 0 Å². The molecule has 6 rings (SSSR count). The normalized spacial score (nSPS) is 14.7. The molecule has 0 fully saturated rings. The van der Waals surface area contributed by atoms with Gasteiger partial charge in [-0.1, -0.05) is 0 Å². The minimum Gasteiger partial charge on any atom is -0.744 e. The third-order valence-electron chi connectivity index (χ3n) is 8.37. The van der Waals surface area contributed by atoms with E-state index in [1.165, 1.54) is 30.3 Å². The summed E-state index contributed by atoms with van der Waals surface area (Å²) >= 11 is 0. The first-order chi connectivity index (χ1) is 28.4. The van der Waals surface area contributed by atoms with Crippen LogP contribution in [0.1, 0.15) is 38.8 Å². The van der Waals surface area contributed by atoms with Crippen molar-refractivity contribution in [2.45, 2.75) is 16.7 Å². The number of nitrogens with zero attached hydrogens (tertiary/aromatic N) is 2. The van der Waals surface area contributed by atoms with E-state index in [2.05, 4.69) is 31.7 Å². The molecule has 4 aromatic carbocycles. The molecule has 30 heteroatoms. The maximum Gasteiger partial charge on any atom is 1.00 e. The van der Waals surface area contributed by atoms with Crippen LogP contribution in [0.15, 0.2) is 109 Å². The van der Waals surface area contributed by atoms with Crippen molar-refractivity contribution in [2.24, 2.45) is 10.2 Å². The number of benzene rings is 4. The molecule has 318 valence electrons. The number of ketones is 2. The first kappa shape index (κ1) is 58.5. The molecule has 0 spiro atoms. The van der Waals surface area contributed by atoms with Gasteiger partial charge in [-0.2, -0.15) is 10.2 Å². The predicted molar refractivity (Wildman–Crippen MR) is 212 cm³/mol. The largest absolute Gasteiger partial charge is 1.00 e. The first-order valence-corrected chi connectivity index (χ1v) is 22.3.